The molecule has 1 aromatic carbocycles. The van der Waals surface area contributed by atoms with E-state index in [-0.39, 0.29) is 18.9 Å². The SMILES string of the molecule is CCCOc1c(C(=O)OCC)cccc1C1=C(C)NC(=O)C(C#N)C1. The van der Waals surface area contributed by atoms with Crippen LogP contribution in [0.2, 0.25) is 0 Å². The average Bonchev–Trinajstić information content (AvgIpc) is 2.60. The first-order valence-electron chi connectivity index (χ1n) is 8.36. The second-order valence-electron chi connectivity index (χ2n) is 5.73. The summed E-state index contributed by atoms with van der Waals surface area (Å²) in [7, 11) is 0. The Morgan fingerprint density at radius 3 is 2.80 bits per heavy atom. The summed E-state index contributed by atoms with van der Waals surface area (Å²) in [4.78, 5) is 24.1. The van der Waals surface area contributed by atoms with Gasteiger partial charge in [-0.15, -0.1) is 0 Å². The number of ether oxygens (including phenoxy) is 2. The maximum absolute atomic E-state index is 12.3. The number of hydrogen-bond acceptors (Lipinski definition) is 5. The highest BCUT2D eigenvalue weighted by Gasteiger charge is 2.29. The van der Waals surface area contributed by atoms with E-state index in [1.54, 1.807) is 26.0 Å². The van der Waals surface area contributed by atoms with Gasteiger partial charge in [0.1, 0.15) is 17.2 Å². The van der Waals surface area contributed by atoms with Crippen LogP contribution in [0.3, 0.4) is 0 Å². The summed E-state index contributed by atoms with van der Waals surface area (Å²) in [5.74, 6) is -1.08. The van der Waals surface area contributed by atoms with E-state index in [9.17, 15) is 14.9 Å². The zero-order valence-electron chi connectivity index (χ0n) is 14.7. The molecule has 0 bridgehead atoms. The van der Waals surface area contributed by atoms with Gasteiger partial charge in [-0.25, -0.2) is 4.79 Å². The minimum Gasteiger partial charge on any atom is -0.492 e. The number of para-hydroxylation sites is 1. The van der Waals surface area contributed by atoms with E-state index >= 15 is 0 Å². The van der Waals surface area contributed by atoms with Crippen molar-refractivity contribution < 1.29 is 19.1 Å². The molecule has 0 spiro atoms. The lowest BCUT2D eigenvalue weighted by atomic mass is 9.88. The monoisotopic (exact) mass is 342 g/mol. The summed E-state index contributed by atoms with van der Waals surface area (Å²) in [6.07, 6.45) is 1.06. The molecule has 0 saturated carbocycles. The Morgan fingerprint density at radius 2 is 2.16 bits per heavy atom. The molecule has 1 N–H and O–H groups in total. The third-order valence-electron chi connectivity index (χ3n) is 3.93. The van der Waals surface area contributed by atoms with Crippen LogP contribution in [0.5, 0.6) is 5.75 Å². The minimum atomic E-state index is -0.760. The molecule has 0 saturated heterocycles. The molecule has 1 atom stereocenters. The van der Waals surface area contributed by atoms with Gasteiger partial charge in [0.15, 0.2) is 0 Å². The van der Waals surface area contributed by atoms with Crippen molar-refractivity contribution >= 4 is 17.4 Å². The van der Waals surface area contributed by atoms with Crippen molar-refractivity contribution in [2.45, 2.75) is 33.6 Å². The van der Waals surface area contributed by atoms with Gasteiger partial charge in [-0.3, -0.25) is 4.79 Å². The number of nitrogens with one attached hydrogen (secondary N) is 1. The Labute approximate surface area is 147 Å². The Hall–Kier alpha value is -2.81. The van der Waals surface area contributed by atoms with Crippen LogP contribution in [-0.4, -0.2) is 25.1 Å². The molecule has 1 heterocycles. The van der Waals surface area contributed by atoms with Crippen LogP contribution in [-0.2, 0) is 9.53 Å². The summed E-state index contributed by atoms with van der Waals surface area (Å²) < 4.78 is 11.0. The number of nitriles is 1. The topological polar surface area (TPSA) is 88.4 Å². The molecule has 0 aromatic heterocycles. The minimum absolute atomic E-state index is 0.268. The van der Waals surface area contributed by atoms with Crippen LogP contribution in [0.4, 0.5) is 0 Å². The van der Waals surface area contributed by atoms with E-state index < -0.39 is 11.9 Å². The summed E-state index contributed by atoms with van der Waals surface area (Å²) in [6, 6.07) is 7.25. The van der Waals surface area contributed by atoms with Crippen molar-refractivity contribution in [3.63, 3.8) is 0 Å². The van der Waals surface area contributed by atoms with Crippen molar-refractivity contribution in [1.29, 1.82) is 5.26 Å². The van der Waals surface area contributed by atoms with Gasteiger partial charge < -0.3 is 14.8 Å². The number of amides is 1. The first-order valence-corrected chi connectivity index (χ1v) is 8.36. The van der Waals surface area contributed by atoms with Crippen LogP contribution >= 0.6 is 0 Å². The number of rotatable bonds is 6. The Kier molecular flexibility index (Phi) is 6.18. The molecule has 2 rings (SSSR count). The summed E-state index contributed by atoms with van der Waals surface area (Å²) in [5, 5.41) is 11.9. The largest absolute Gasteiger partial charge is 0.492 e. The van der Waals surface area contributed by atoms with E-state index in [2.05, 4.69) is 5.32 Å². The van der Waals surface area contributed by atoms with Gasteiger partial charge >= 0.3 is 5.97 Å². The smallest absolute Gasteiger partial charge is 0.341 e. The highest BCUT2D eigenvalue weighted by atomic mass is 16.5. The lowest BCUT2D eigenvalue weighted by molar-refractivity contribution is -0.122. The van der Waals surface area contributed by atoms with E-state index in [1.807, 2.05) is 19.1 Å². The Bertz CT molecular complexity index is 746. The summed E-state index contributed by atoms with van der Waals surface area (Å²) in [5.41, 5.74) is 2.51. The molecule has 0 radical (unpaired) electrons. The summed E-state index contributed by atoms with van der Waals surface area (Å²) >= 11 is 0. The third-order valence-corrected chi connectivity index (χ3v) is 3.93. The quantitative estimate of drug-likeness (QED) is 0.803. The number of esters is 1. The molecular weight excluding hydrogens is 320 g/mol. The maximum Gasteiger partial charge on any atom is 0.341 e. The van der Waals surface area contributed by atoms with Crippen LogP contribution in [0.1, 0.15) is 49.5 Å². The highest BCUT2D eigenvalue weighted by Crippen LogP contribution is 2.37. The zero-order chi connectivity index (χ0) is 18.4. The number of allylic oxidation sites excluding steroid dienone is 2. The zero-order valence-corrected chi connectivity index (χ0v) is 14.7. The van der Waals surface area contributed by atoms with Crippen LogP contribution in [0, 0.1) is 17.2 Å². The fourth-order valence-corrected chi connectivity index (χ4v) is 2.72. The van der Waals surface area contributed by atoms with Gasteiger partial charge in [0.25, 0.3) is 0 Å². The molecule has 25 heavy (non-hydrogen) atoms. The van der Waals surface area contributed by atoms with Crippen molar-refractivity contribution in [3.8, 4) is 11.8 Å². The molecule has 0 fully saturated rings. The van der Waals surface area contributed by atoms with E-state index in [1.165, 1.54) is 0 Å². The van der Waals surface area contributed by atoms with Crippen LogP contribution in [0.25, 0.3) is 5.57 Å². The number of carbonyl (C=O) groups is 2. The Morgan fingerprint density at radius 1 is 1.40 bits per heavy atom. The number of nitrogens with zero attached hydrogens (tertiary/aromatic N) is 1. The predicted octanol–water partition coefficient (Wildman–Crippen LogP) is 3.04. The number of hydrogen-bond donors (Lipinski definition) is 1. The molecule has 1 aromatic rings. The van der Waals surface area contributed by atoms with E-state index in [0.29, 0.717) is 29.2 Å². The number of carbonyl (C=O) groups excluding carboxylic acids is 2. The van der Waals surface area contributed by atoms with Crippen molar-refractivity contribution in [1.82, 2.24) is 5.32 Å². The Balaban J connectivity index is 2.54. The van der Waals surface area contributed by atoms with Gasteiger partial charge in [0, 0.05) is 11.3 Å². The standard InChI is InChI=1S/C19H22N2O4/c1-4-9-25-17-14(7-6-8-15(17)19(23)24-5-2)16-10-13(11-20)18(22)21-12(16)3/h6-8,13H,4-5,9-10H2,1-3H3,(H,21,22). The van der Waals surface area contributed by atoms with E-state index in [0.717, 1.165) is 12.0 Å². The molecule has 132 valence electrons. The van der Waals surface area contributed by atoms with Crippen molar-refractivity contribution in [2.24, 2.45) is 5.92 Å². The van der Waals surface area contributed by atoms with Gasteiger partial charge in [-0.2, -0.15) is 5.26 Å². The van der Waals surface area contributed by atoms with Crippen LogP contribution < -0.4 is 10.1 Å². The van der Waals surface area contributed by atoms with Crippen LogP contribution in [0.15, 0.2) is 23.9 Å². The average molecular weight is 342 g/mol. The third kappa shape index (κ3) is 4.00. The second kappa shape index (κ2) is 8.34. The first-order chi connectivity index (χ1) is 12.0. The molecular formula is C19H22N2O4. The lowest BCUT2D eigenvalue weighted by Crippen LogP contribution is -2.33. The lowest BCUT2D eigenvalue weighted by Gasteiger charge is -2.24. The molecule has 1 unspecified atom stereocenters. The predicted molar refractivity (Wildman–Crippen MR) is 92.6 cm³/mol. The fraction of sp³-hybridized carbons (Fsp3) is 0.421. The molecule has 0 aliphatic carbocycles. The fourth-order valence-electron chi connectivity index (χ4n) is 2.72. The molecule has 1 aliphatic rings. The highest BCUT2D eigenvalue weighted by molar-refractivity contribution is 5.96. The normalized spacial score (nSPS) is 16.9. The van der Waals surface area contributed by atoms with Gasteiger partial charge in [0.2, 0.25) is 5.91 Å². The van der Waals surface area contributed by atoms with Gasteiger partial charge in [-0.1, -0.05) is 19.1 Å². The molecule has 1 amide bonds. The second-order valence-corrected chi connectivity index (χ2v) is 5.73. The summed E-state index contributed by atoms with van der Waals surface area (Å²) in [6.45, 7) is 6.22. The molecule has 6 heteroatoms. The van der Waals surface area contributed by atoms with Gasteiger partial charge in [0.05, 0.1) is 19.3 Å². The van der Waals surface area contributed by atoms with Gasteiger partial charge in [-0.05, 0) is 38.3 Å². The van der Waals surface area contributed by atoms with Crippen molar-refractivity contribution in [3.05, 3.63) is 35.0 Å². The molecule has 1 aliphatic heterocycles. The first kappa shape index (κ1) is 18.5. The number of benzene rings is 1. The van der Waals surface area contributed by atoms with Crippen molar-refractivity contribution in [2.75, 3.05) is 13.2 Å². The maximum atomic E-state index is 12.3. The molecule has 6 nitrogen and oxygen atoms in total. The van der Waals surface area contributed by atoms with E-state index in [4.69, 9.17) is 9.47 Å².